The Bertz CT molecular complexity index is 533. The Labute approximate surface area is 98.4 Å². The first kappa shape index (κ1) is 11.0. The molecule has 0 aliphatic heterocycles. The summed E-state index contributed by atoms with van der Waals surface area (Å²) in [7, 11) is 1.34. The van der Waals surface area contributed by atoms with Crippen molar-refractivity contribution in [1.82, 2.24) is 4.98 Å². The van der Waals surface area contributed by atoms with Crippen LogP contribution in [0, 0.1) is 6.92 Å². The number of nitrogens with one attached hydrogen (secondary N) is 1. The number of aromatic amines is 1. The SMILES string of the molecule is COC(=O)C(Cl)c1c(C)[nH]c2ccccc12. The molecule has 1 unspecified atom stereocenters. The predicted octanol–water partition coefficient (Wildman–Crippen LogP) is 2.93. The lowest BCUT2D eigenvalue weighted by molar-refractivity contribution is -0.140. The van der Waals surface area contributed by atoms with Gasteiger partial charge in [-0.1, -0.05) is 18.2 Å². The molecule has 2 aromatic rings. The standard InChI is InChI=1S/C12H12ClNO2/c1-7-10(11(13)12(15)16-2)8-5-3-4-6-9(8)14-7/h3-6,11,14H,1-2H3. The second-order valence-corrected chi connectivity index (χ2v) is 4.03. The molecule has 3 nitrogen and oxygen atoms in total. The Morgan fingerprint density at radius 2 is 2.12 bits per heavy atom. The third-order valence-electron chi connectivity index (χ3n) is 2.60. The van der Waals surface area contributed by atoms with Crippen molar-refractivity contribution < 1.29 is 9.53 Å². The average Bonchev–Trinajstić information content (AvgIpc) is 2.63. The van der Waals surface area contributed by atoms with Crippen LogP contribution in [0.4, 0.5) is 0 Å². The van der Waals surface area contributed by atoms with Crippen LogP contribution in [-0.4, -0.2) is 18.1 Å². The third-order valence-corrected chi connectivity index (χ3v) is 3.00. The van der Waals surface area contributed by atoms with Gasteiger partial charge in [0.1, 0.15) is 0 Å². The summed E-state index contributed by atoms with van der Waals surface area (Å²) < 4.78 is 4.65. The number of para-hydroxylation sites is 1. The van der Waals surface area contributed by atoms with E-state index in [1.165, 1.54) is 7.11 Å². The molecule has 4 heteroatoms. The third kappa shape index (κ3) is 1.67. The lowest BCUT2D eigenvalue weighted by Crippen LogP contribution is -2.09. The number of fused-ring (bicyclic) bond motifs is 1. The number of methoxy groups -OCH3 is 1. The highest BCUT2D eigenvalue weighted by molar-refractivity contribution is 6.31. The van der Waals surface area contributed by atoms with Crippen molar-refractivity contribution in [3.8, 4) is 0 Å². The molecule has 0 radical (unpaired) electrons. The highest BCUT2D eigenvalue weighted by Crippen LogP contribution is 2.32. The fourth-order valence-electron chi connectivity index (χ4n) is 1.85. The zero-order valence-corrected chi connectivity index (χ0v) is 9.84. The molecule has 1 aromatic heterocycles. The van der Waals surface area contributed by atoms with Crippen molar-refractivity contribution >= 4 is 28.5 Å². The molecule has 0 aliphatic carbocycles. The van der Waals surface area contributed by atoms with Crippen LogP contribution in [0.2, 0.25) is 0 Å². The van der Waals surface area contributed by atoms with E-state index in [0.717, 1.165) is 22.2 Å². The molecule has 0 aliphatic rings. The monoisotopic (exact) mass is 237 g/mol. The first-order chi connectivity index (χ1) is 7.65. The van der Waals surface area contributed by atoms with Gasteiger partial charge in [0, 0.05) is 22.2 Å². The van der Waals surface area contributed by atoms with E-state index in [2.05, 4.69) is 9.72 Å². The number of rotatable bonds is 2. The Hall–Kier alpha value is -1.48. The Morgan fingerprint density at radius 3 is 2.81 bits per heavy atom. The number of esters is 1. The Kier molecular flexibility index (Phi) is 2.88. The summed E-state index contributed by atoms with van der Waals surface area (Å²) in [5, 5.41) is 0.201. The van der Waals surface area contributed by atoms with Gasteiger partial charge >= 0.3 is 5.97 Å². The maximum absolute atomic E-state index is 11.4. The molecule has 0 amide bonds. The van der Waals surface area contributed by atoms with Gasteiger partial charge in [-0.15, -0.1) is 11.6 Å². The van der Waals surface area contributed by atoms with Gasteiger partial charge in [0.2, 0.25) is 0 Å². The lowest BCUT2D eigenvalue weighted by atomic mass is 10.1. The molecule has 1 heterocycles. The molecule has 0 bridgehead atoms. The average molecular weight is 238 g/mol. The number of halogens is 1. The first-order valence-corrected chi connectivity index (χ1v) is 5.38. The molecule has 1 N–H and O–H groups in total. The van der Waals surface area contributed by atoms with E-state index in [0.29, 0.717) is 0 Å². The zero-order valence-electron chi connectivity index (χ0n) is 9.08. The summed E-state index contributed by atoms with van der Waals surface area (Å²) in [6, 6.07) is 7.74. The first-order valence-electron chi connectivity index (χ1n) is 4.94. The number of aromatic nitrogens is 1. The number of carbonyl (C=O) groups is 1. The van der Waals surface area contributed by atoms with Crippen molar-refractivity contribution in [2.45, 2.75) is 12.3 Å². The molecule has 2 rings (SSSR count). The van der Waals surface area contributed by atoms with Gasteiger partial charge in [-0.05, 0) is 13.0 Å². The van der Waals surface area contributed by atoms with Gasteiger partial charge in [0.15, 0.2) is 5.38 Å². The molecule has 0 saturated carbocycles. The highest BCUT2D eigenvalue weighted by Gasteiger charge is 2.23. The second kappa shape index (κ2) is 4.18. The van der Waals surface area contributed by atoms with E-state index in [1.807, 2.05) is 31.2 Å². The molecule has 16 heavy (non-hydrogen) atoms. The molecule has 1 aromatic carbocycles. The summed E-state index contributed by atoms with van der Waals surface area (Å²) >= 11 is 6.09. The van der Waals surface area contributed by atoms with E-state index >= 15 is 0 Å². The fraction of sp³-hybridized carbons (Fsp3) is 0.250. The van der Waals surface area contributed by atoms with Crippen LogP contribution in [0.5, 0.6) is 0 Å². The van der Waals surface area contributed by atoms with Crippen molar-refractivity contribution in [2.75, 3.05) is 7.11 Å². The lowest BCUT2D eigenvalue weighted by Gasteiger charge is -2.07. The van der Waals surface area contributed by atoms with Crippen LogP contribution in [0.1, 0.15) is 16.6 Å². The van der Waals surface area contributed by atoms with Crippen molar-refractivity contribution in [1.29, 1.82) is 0 Å². The molecular formula is C12H12ClNO2. The maximum Gasteiger partial charge on any atom is 0.328 e. The number of hydrogen-bond donors (Lipinski definition) is 1. The van der Waals surface area contributed by atoms with E-state index < -0.39 is 11.3 Å². The largest absolute Gasteiger partial charge is 0.468 e. The van der Waals surface area contributed by atoms with Gasteiger partial charge in [0.05, 0.1) is 7.11 Å². The quantitative estimate of drug-likeness (QED) is 0.645. The molecule has 0 saturated heterocycles. The topological polar surface area (TPSA) is 42.1 Å². The molecule has 0 spiro atoms. The fourth-order valence-corrected chi connectivity index (χ4v) is 2.22. The molecule has 1 atom stereocenters. The number of aryl methyl sites for hydroxylation is 1. The Morgan fingerprint density at radius 1 is 1.44 bits per heavy atom. The summed E-state index contributed by atoms with van der Waals surface area (Å²) in [6.07, 6.45) is 0. The van der Waals surface area contributed by atoms with Crippen LogP contribution in [-0.2, 0) is 9.53 Å². The number of benzene rings is 1. The van der Waals surface area contributed by atoms with Crippen LogP contribution in [0.3, 0.4) is 0 Å². The van der Waals surface area contributed by atoms with Crippen LogP contribution >= 0.6 is 11.6 Å². The van der Waals surface area contributed by atoms with Crippen LogP contribution in [0.15, 0.2) is 24.3 Å². The van der Waals surface area contributed by atoms with E-state index in [9.17, 15) is 4.79 Å². The van der Waals surface area contributed by atoms with Gasteiger partial charge in [-0.2, -0.15) is 0 Å². The Balaban J connectivity index is 2.59. The number of alkyl halides is 1. The van der Waals surface area contributed by atoms with E-state index in [-0.39, 0.29) is 0 Å². The number of hydrogen-bond acceptors (Lipinski definition) is 2. The van der Waals surface area contributed by atoms with Gasteiger partial charge in [-0.3, -0.25) is 4.79 Å². The zero-order chi connectivity index (χ0) is 11.7. The summed E-state index contributed by atoms with van der Waals surface area (Å²) in [6.45, 7) is 1.90. The van der Waals surface area contributed by atoms with Crippen LogP contribution in [0.25, 0.3) is 10.9 Å². The van der Waals surface area contributed by atoms with Crippen molar-refractivity contribution in [3.63, 3.8) is 0 Å². The van der Waals surface area contributed by atoms with Crippen LogP contribution < -0.4 is 0 Å². The minimum atomic E-state index is -0.763. The van der Waals surface area contributed by atoms with Gasteiger partial charge < -0.3 is 9.72 Å². The number of H-pyrrole nitrogens is 1. The van der Waals surface area contributed by atoms with E-state index in [4.69, 9.17) is 11.6 Å². The van der Waals surface area contributed by atoms with Crippen molar-refractivity contribution in [3.05, 3.63) is 35.5 Å². The number of ether oxygens (including phenoxy) is 1. The number of carbonyl (C=O) groups excluding carboxylic acids is 1. The maximum atomic E-state index is 11.4. The molecule has 84 valence electrons. The highest BCUT2D eigenvalue weighted by atomic mass is 35.5. The molecular weight excluding hydrogens is 226 g/mol. The minimum absolute atomic E-state index is 0.436. The smallest absolute Gasteiger partial charge is 0.328 e. The normalized spacial score (nSPS) is 12.7. The summed E-state index contributed by atoms with van der Waals surface area (Å²) in [5.74, 6) is -0.436. The van der Waals surface area contributed by atoms with Gasteiger partial charge in [0.25, 0.3) is 0 Å². The molecule has 0 fully saturated rings. The minimum Gasteiger partial charge on any atom is -0.468 e. The predicted molar refractivity (Wildman–Crippen MR) is 63.6 cm³/mol. The summed E-state index contributed by atoms with van der Waals surface area (Å²) in [5.41, 5.74) is 2.67. The van der Waals surface area contributed by atoms with Crippen molar-refractivity contribution in [2.24, 2.45) is 0 Å². The van der Waals surface area contributed by atoms with Gasteiger partial charge in [-0.25, -0.2) is 0 Å². The van der Waals surface area contributed by atoms with E-state index in [1.54, 1.807) is 0 Å². The second-order valence-electron chi connectivity index (χ2n) is 3.59. The summed E-state index contributed by atoms with van der Waals surface area (Å²) in [4.78, 5) is 14.6.